The molecule has 24 nitrogen and oxygen atoms in total. The summed E-state index contributed by atoms with van der Waals surface area (Å²) in [5, 5.41) is 8.22. The maximum atomic E-state index is 15.9. The Balaban J connectivity index is 1.34. The van der Waals surface area contributed by atoms with Crippen LogP contribution in [0, 0.1) is 30.6 Å². The van der Waals surface area contributed by atoms with Gasteiger partial charge in [0.05, 0.1) is 23.6 Å². The first kappa shape index (κ1) is 84.4. The standard InChI is InChI=1S/C77H114ClF3N12O12/c1-16-48(5)64-73(103)87(10)49(6)68(98)93-38-35-57(93)72(102)90(13)60(42-50-26-18-17-19-27-50)71(101)86(9)45-62(94)82-56(34-32-51-31-33-54(55(78)41-51)77(79,80)81)69(99)89(12)59(43-52-28-24-25-47(4)40-52)67(97)84-76(36-22-23-37-76)75(105)92(15)65(53-29-20-21-30-53)74(104)91(14)61(70(100)85(7)8)44-63(95)88(11)58(39-46(2)3)66(96)83-64/h24-25,28,31,33,40-41,46,48-50,53,56-61,64-65H,16-23,26-27,29-30,32,34-39,42-45H2,1-15H3,(H,82,94)(H,83,96)(H,84,97)/t48-,49-,56-,57-,58-,59-,60-,61-,64-,65-/m0/s1. The predicted octanol–water partition coefficient (Wildman–Crippen LogP) is 7.03. The van der Waals surface area contributed by atoms with Gasteiger partial charge in [-0.1, -0.05) is 139 Å². The molecule has 582 valence electrons. The van der Waals surface area contributed by atoms with E-state index in [0.717, 1.165) is 72.4 Å². The molecule has 7 rings (SSSR count). The van der Waals surface area contributed by atoms with Crippen molar-refractivity contribution in [2.75, 3.05) is 76.5 Å². The maximum Gasteiger partial charge on any atom is 0.417 e. The van der Waals surface area contributed by atoms with Gasteiger partial charge >= 0.3 is 6.18 Å². The first-order valence-corrected chi connectivity index (χ1v) is 37.9. The lowest BCUT2D eigenvalue weighted by Crippen LogP contribution is -2.65. The fourth-order valence-electron chi connectivity index (χ4n) is 15.9. The Labute approximate surface area is 622 Å². The minimum atomic E-state index is -4.78. The zero-order chi connectivity index (χ0) is 77.9. The average molecular weight is 1490 g/mol. The van der Waals surface area contributed by atoms with Crippen LogP contribution in [0.3, 0.4) is 0 Å². The lowest BCUT2D eigenvalue weighted by Gasteiger charge is -2.45. The van der Waals surface area contributed by atoms with E-state index < -0.39 is 172 Å². The van der Waals surface area contributed by atoms with Crippen molar-refractivity contribution in [3.05, 3.63) is 69.7 Å². The molecule has 2 aromatic carbocycles. The molecule has 0 bridgehead atoms. The van der Waals surface area contributed by atoms with E-state index in [0.29, 0.717) is 37.7 Å². The van der Waals surface area contributed by atoms with Crippen LogP contribution in [-0.2, 0) is 76.6 Å². The van der Waals surface area contributed by atoms with Gasteiger partial charge in [0.1, 0.15) is 59.9 Å². The Morgan fingerprint density at radius 3 is 1.87 bits per heavy atom. The topological polar surface area (TPSA) is 270 Å². The molecule has 12 amide bonds. The van der Waals surface area contributed by atoms with Crippen LogP contribution in [0.15, 0.2) is 42.5 Å². The Morgan fingerprint density at radius 1 is 0.667 bits per heavy atom. The van der Waals surface area contributed by atoms with Crippen molar-refractivity contribution >= 4 is 82.5 Å². The summed E-state index contributed by atoms with van der Waals surface area (Å²) in [5.41, 5.74) is -1.03. The highest BCUT2D eigenvalue weighted by atomic mass is 35.5. The van der Waals surface area contributed by atoms with Crippen LogP contribution in [-0.4, -0.2) is 251 Å². The van der Waals surface area contributed by atoms with E-state index >= 15 is 24.0 Å². The molecule has 3 aliphatic carbocycles. The van der Waals surface area contributed by atoms with Crippen molar-refractivity contribution in [3.63, 3.8) is 0 Å². The van der Waals surface area contributed by atoms with Gasteiger partial charge in [0.25, 0.3) is 0 Å². The summed E-state index contributed by atoms with van der Waals surface area (Å²) in [5.74, 6) is -9.16. The Bertz CT molecular complexity index is 3490. The van der Waals surface area contributed by atoms with Crippen LogP contribution in [0.1, 0.15) is 179 Å². The smallest absolute Gasteiger partial charge is 0.347 e. The van der Waals surface area contributed by atoms with E-state index in [1.807, 2.05) is 39.8 Å². The molecule has 105 heavy (non-hydrogen) atoms. The molecule has 28 heteroatoms. The van der Waals surface area contributed by atoms with Crippen molar-refractivity contribution in [3.8, 4) is 0 Å². The zero-order valence-corrected chi connectivity index (χ0v) is 65.0. The number of halogens is 4. The first-order valence-electron chi connectivity index (χ1n) is 37.5. The number of fused-ring (bicyclic) bond motifs is 1. The summed E-state index contributed by atoms with van der Waals surface area (Å²) in [6, 6.07) is -1.04. The zero-order valence-electron chi connectivity index (χ0n) is 64.2. The summed E-state index contributed by atoms with van der Waals surface area (Å²) in [4.78, 5) is 193. The summed E-state index contributed by atoms with van der Waals surface area (Å²) >= 11 is 6.22. The summed E-state index contributed by atoms with van der Waals surface area (Å²) in [7, 11) is 12.9. The van der Waals surface area contributed by atoms with Gasteiger partial charge in [0, 0.05) is 76.4 Å². The molecule has 2 saturated heterocycles. The van der Waals surface area contributed by atoms with E-state index in [9.17, 15) is 46.7 Å². The van der Waals surface area contributed by atoms with Gasteiger partial charge in [0.15, 0.2) is 0 Å². The number of nitrogens with one attached hydrogen (secondary N) is 3. The summed E-state index contributed by atoms with van der Waals surface area (Å²) in [6.07, 6.45) is 3.04. The monoisotopic (exact) mass is 1490 g/mol. The number of hydrogen-bond donors (Lipinski definition) is 3. The van der Waals surface area contributed by atoms with Crippen molar-refractivity contribution in [2.45, 2.75) is 242 Å². The molecule has 0 unspecified atom stereocenters. The van der Waals surface area contributed by atoms with Gasteiger partial charge in [-0.05, 0) is 119 Å². The minimum Gasteiger partial charge on any atom is -0.347 e. The molecule has 2 aromatic rings. The van der Waals surface area contributed by atoms with Crippen molar-refractivity contribution in [2.24, 2.45) is 23.7 Å². The molecular weight excluding hydrogens is 1380 g/mol. The average Bonchev–Trinajstić information content (AvgIpc) is 1.77. The van der Waals surface area contributed by atoms with Gasteiger partial charge in [-0.3, -0.25) is 57.5 Å². The number of alkyl halides is 3. The fourth-order valence-corrected chi connectivity index (χ4v) is 16.2. The van der Waals surface area contributed by atoms with Crippen LogP contribution in [0.25, 0.3) is 0 Å². The van der Waals surface area contributed by atoms with Gasteiger partial charge in [-0.2, -0.15) is 13.2 Å². The third-order valence-corrected chi connectivity index (χ3v) is 23.3. The van der Waals surface area contributed by atoms with E-state index in [4.69, 9.17) is 11.6 Å². The lowest BCUT2D eigenvalue weighted by molar-refractivity contribution is -0.160. The molecule has 0 aromatic heterocycles. The third-order valence-electron chi connectivity index (χ3n) is 22.9. The third kappa shape index (κ3) is 20.5. The predicted molar refractivity (Wildman–Crippen MR) is 391 cm³/mol. The quantitative estimate of drug-likeness (QED) is 0.183. The van der Waals surface area contributed by atoms with Crippen LogP contribution < -0.4 is 16.0 Å². The van der Waals surface area contributed by atoms with Gasteiger partial charge in [-0.15, -0.1) is 0 Å². The molecular formula is C77H114ClF3N12O12. The molecule has 2 heterocycles. The lowest BCUT2D eigenvalue weighted by atomic mass is 9.84. The number of hydrogen-bond acceptors (Lipinski definition) is 12. The van der Waals surface area contributed by atoms with Gasteiger partial charge in [0.2, 0.25) is 70.9 Å². The molecule has 2 aliphatic heterocycles. The highest BCUT2D eigenvalue weighted by molar-refractivity contribution is 6.31. The normalized spacial score (nSPS) is 26.5. The van der Waals surface area contributed by atoms with E-state index in [1.165, 1.54) is 111 Å². The Hall–Kier alpha value is -7.84. The number of benzene rings is 2. The molecule has 10 atom stereocenters. The van der Waals surface area contributed by atoms with Crippen LogP contribution >= 0.6 is 11.6 Å². The number of rotatable bonds is 13. The van der Waals surface area contributed by atoms with Crippen LogP contribution in [0.5, 0.6) is 0 Å². The molecule has 3 N–H and O–H groups in total. The molecule has 1 spiro atoms. The first-order chi connectivity index (χ1) is 49.3. The molecule has 5 aliphatic rings. The highest BCUT2D eigenvalue weighted by Gasteiger charge is 2.52. The Kier molecular flexibility index (Phi) is 29.5. The minimum absolute atomic E-state index is 0.00485. The van der Waals surface area contributed by atoms with Crippen LogP contribution in [0.2, 0.25) is 5.02 Å². The number of carbonyl (C=O) groups excluding carboxylic acids is 12. The molecule has 5 fully saturated rings. The maximum absolute atomic E-state index is 15.9. The second-order valence-electron chi connectivity index (χ2n) is 31.1. The van der Waals surface area contributed by atoms with E-state index in [-0.39, 0.29) is 75.3 Å². The number of amides is 12. The number of nitrogens with zero attached hydrogens (tertiary/aromatic N) is 9. The molecule has 0 radical (unpaired) electrons. The van der Waals surface area contributed by atoms with E-state index in [1.54, 1.807) is 19.1 Å². The number of likely N-dealkylation sites (N-methyl/N-ethyl adjacent to an activating group) is 8. The fraction of sp³-hybridized carbons (Fsp3) is 0.688. The number of carbonyl (C=O) groups is 12. The number of aryl methyl sites for hydroxylation is 2. The second kappa shape index (κ2) is 36.6. The van der Waals surface area contributed by atoms with Crippen molar-refractivity contribution < 1.29 is 70.7 Å². The highest BCUT2D eigenvalue weighted by Crippen LogP contribution is 2.39. The summed E-state index contributed by atoms with van der Waals surface area (Å²) < 4.78 is 42.0. The summed E-state index contributed by atoms with van der Waals surface area (Å²) in [6.45, 7) is 10.2. The molecule has 3 saturated carbocycles. The largest absolute Gasteiger partial charge is 0.417 e. The van der Waals surface area contributed by atoms with Crippen LogP contribution in [0.4, 0.5) is 13.2 Å². The SMILES string of the molecule is CC[C@H](C)[C@@H]1NC(=O)[C@H](CC(C)C)N(C)C(=O)C[C@@H](C(=O)N(C)C)N(C)C(=O)[C@H](C2CCCC2)N(C)C(=O)C2(CCCC2)NC(=O)[C@H](Cc2cccc(C)c2)N(C)C(=O)[C@H](CCc2ccc(C(F)(F)F)c(Cl)c2)NC(=O)CN(C)C(=O)[C@H](CC2CCCCC2)N(C)C(=O)[C@@H]2CCN2C(=O)[C@H](C)N(C)C1=O. The van der Waals surface area contributed by atoms with Crippen molar-refractivity contribution in [1.82, 2.24) is 60.0 Å². The second-order valence-corrected chi connectivity index (χ2v) is 31.5. The van der Waals surface area contributed by atoms with Gasteiger partial charge in [-0.25, -0.2) is 0 Å². The van der Waals surface area contributed by atoms with Gasteiger partial charge < -0.3 is 60.0 Å². The van der Waals surface area contributed by atoms with E-state index in [2.05, 4.69) is 16.0 Å². The Morgan fingerprint density at radius 2 is 1.30 bits per heavy atom. The van der Waals surface area contributed by atoms with Crippen molar-refractivity contribution in [1.29, 1.82) is 0 Å².